The number of aromatic nitrogens is 4. The van der Waals surface area contributed by atoms with E-state index in [0.717, 1.165) is 5.56 Å². The van der Waals surface area contributed by atoms with Gasteiger partial charge >= 0.3 is 0 Å². The van der Waals surface area contributed by atoms with Crippen molar-refractivity contribution in [1.82, 2.24) is 24.5 Å². The number of hydrogen-bond acceptors (Lipinski definition) is 6. The minimum atomic E-state index is -3.59. The van der Waals surface area contributed by atoms with Crippen LogP contribution < -0.4 is 15.6 Å². The van der Waals surface area contributed by atoms with Gasteiger partial charge in [-0.25, -0.2) is 17.8 Å². The molecule has 0 radical (unpaired) electrons. The molecule has 150 valence electrons. The van der Waals surface area contributed by atoms with Crippen molar-refractivity contribution in [3.63, 3.8) is 0 Å². The van der Waals surface area contributed by atoms with Gasteiger partial charge in [0.1, 0.15) is 5.39 Å². The number of anilines is 1. The van der Waals surface area contributed by atoms with E-state index in [-0.39, 0.29) is 35.0 Å². The molecule has 0 saturated heterocycles. The Kier molecular flexibility index (Phi) is 5.26. The predicted octanol–water partition coefficient (Wildman–Crippen LogP) is 1.57. The summed E-state index contributed by atoms with van der Waals surface area (Å²) in [5.41, 5.74) is 0.825. The van der Waals surface area contributed by atoms with E-state index in [1.807, 2.05) is 27.7 Å². The Labute approximate surface area is 163 Å². The number of nitrogens with one attached hydrogen (secondary N) is 3. The minimum absolute atomic E-state index is 0.135. The molecule has 0 saturated carbocycles. The summed E-state index contributed by atoms with van der Waals surface area (Å²) >= 11 is 0. The van der Waals surface area contributed by atoms with Gasteiger partial charge in [0.15, 0.2) is 5.65 Å². The Balaban J connectivity index is 1.69. The summed E-state index contributed by atoms with van der Waals surface area (Å²) in [5.74, 6) is 0.262. The van der Waals surface area contributed by atoms with Crippen LogP contribution in [0.1, 0.15) is 26.3 Å². The van der Waals surface area contributed by atoms with Gasteiger partial charge in [-0.3, -0.25) is 9.78 Å². The van der Waals surface area contributed by atoms with Gasteiger partial charge in [0.2, 0.25) is 16.0 Å². The number of sulfonamides is 1. The number of nitrogens with zero attached hydrogens (tertiary/aromatic N) is 3. The van der Waals surface area contributed by atoms with Crippen LogP contribution in [-0.2, 0) is 15.6 Å². The van der Waals surface area contributed by atoms with Crippen molar-refractivity contribution in [2.45, 2.75) is 38.1 Å². The quantitative estimate of drug-likeness (QED) is 0.536. The third-order valence-corrected chi connectivity index (χ3v) is 5.59. The van der Waals surface area contributed by atoms with E-state index in [0.29, 0.717) is 11.0 Å². The highest BCUT2D eigenvalue weighted by Gasteiger charge is 2.20. The minimum Gasteiger partial charge on any atom is -0.354 e. The monoisotopic (exact) mass is 404 g/mol. The maximum absolute atomic E-state index is 12.3. The van der Waals surface area contributed by atoms with Gasteiger partial charge in [-0.05, 0) is 39.8 Å². The Morgan fingerprint density at radius 3 is 2.46 bits per heavy atom. The molecule has 0 fully saturated rings. The zero-order chi connectivity index (χ0) is 20.5. The molecule has 1 aromatic carbocycles. The summed E-state index contributed by atoms with van der Waals surface area (Å²) in [7, 11) is -3.59. The van der Waals surface area contributed by atoms with E-state index in [1.54, 1.807) is 28.9 Å². The summed E-state index contributed by atoms with van der Waals surface area (Å²) in [6.07, 6.45) is 1.49. The first-order valence-corrected chi connectivity index (χ1v) is 10.3. The fraction of sp³-hybridized carbons (Fsp3) is 0.389. The van der Waals surface area contributed by atoms with E-state index < -0.39 is 10.0 Å². The van der Waals surface area contributed by atoms with Crippen LogP contribution in [0.4, 0.5) is 5.95 Å². The molecule has 28 heavy (non-hydrogen) atoms. The summed E-state index contributed by atoms with van der Waals surface area (Å²) in [4.78, 5) is 19.5. The number of aryl methyl sites for hydroxylation is 1. The van der Waals surface area contributed by atoms with Crippen LogP contribution in [0.5, 0.6) is 0 Å². The third kappa shape index (κ3) is 4.23. The molecule has 0 amide bonds. The van der Waals surface area contributed by atoms with Crippen molar-refractivity contribution in [3.8, 4) is 0 Å². The lowest BCUT2D eigenvalue weighted by Crippen LogP contribution is -2.29. The molecule has 0 aliphatic heterocycles. The standard InChI is InChI=1S/C18H24N6O3S/c1-12-5-7-13(8-6-12)28(26,27)21-10-9-19-17-22-15-14(16(25)23-17)11-20-24(15)18(2,3)4/h5-8,11,21H,9-10H2,1-4H3,(H2,19,22,23,25). The molecular weight excluding hydrogens is 380 g/mol. The van der Waals surface area contributed by atoms with Gasteiger partial charge < -0.3 is 5.32 Å². The zero-order valence-corrected chi connectivity index (χ0v) is 17.1. The van der Waals surface area contributed by atoms with E-state index in [9.17, 15) is 13.2 Å². The Morgan fingerprint density at radius 2 is 1.82 bits per heavy atom. The predicted molar refractivity (Wildman–Crippen MR) is 108 cm³/mol. The Bertz CT molecular complexity index is 1140. The fourth-order valence-electron chi connectivity index (χ4n) is 2.66. The van der Waals surface area contributed by atoms with Crippen LogP contribution in [-0.4, -0.2) is 41.3 Å². The van der Waals surface area contributed by atoms with Crippen LogP contribution in [0.25, 0.3) is 11.0 Å². The van der Waals surface area contributed by atoms with E-state index >= 15 is 0 Å². The van der Waals surface area contributed by atoms with Gasteiger partial charge in [-0.2, -0.15) is 10.1 Å². The van der Waals surface area contributed by atoms with Crippen LogP contribution in [0, 0.1) is 6.92 Å². The van der Waals surface area contributed by atoms with Crippen molar-refractivity contribution in [1.29, 1.82) is 0 Å². The number of H-pyrrole nitrogens is 1. The van der Waals surface area contributed by atoms with Crippen LogP contribution in [0.2, 0.25) is 0 Å². The lowest BCUT2D eigenvalue weighted by Gasteiger charge is -2.19. The smallest absolute Gasteiger partial charge is 0.263 e. The second kappa shape index (κ2) is 7.36. The van der Waals surface area contributed by atoms with Gasteiger partial charge in [-0.15, -0.1) is 0 Å². The van der Waals surface area contributed by atoms with Crippen molar-refractivity contribution in [2.75, 3.05) is 18.4 Å². The molecule has 0 atom stereocenters. The first-order valence-electron chi connectivity index (χ1n) is 8.87. The molecule has 3 aromatic rings. The van der Waals surface area contributed by atoms with E-state index in [4.69, 9.17) is 0 Å². The second-order valence-electron chi connectivity index (χ2n) is 7.52. The molecule has 0 bridgehead atoms. The topological polar surface area (TPSA) is 122 Å². The van der Waals surface area contributed by atoms with Gasteiger partial charge in [-0.1, -0.05) is 17.7 Å². The molecule has 0 spiro atoms. The number of rotatable bonds is 6. The average molecular weight is 404 g/mol. The van der Waals surface area contributed by atoms with Crippen molar-refractivity contribution < 1.29 is 8.42 Å². The molecule has 2 heterocycles. The molecule has 9 nitrogen and oxygen atoms in total. The molecule has 0 aliphatic carbocycles. The zero-order valence-electron chi connectivity index (χ0n) is 16.3. The fourth-order valence-corrected chi connectivity index (χ4v) is 3.69. The molecular formula is C18H24N6O3S. The highest BCUT2D eigenvalue weighted by Crippen LogP contribution is 2.18. The number of benzene rings is 1. The Hall–Kier alpha value is -2.72. The second-order valence-corrected chi connectivity index (χ2v) is 9.28. The number of hydrogen-bond donors (Lipinski definition) is 3. The Morgan fingerprint density at radius 1 is 1.14 bits per heavy atom. The van der Waals surface area contributed by atoms with Crippen LogP contribution in [0.15, 0.2) is 40.2 Å². The normalized spacial score (nSPS) is 12.4. The molecule has 3 N–H and O–H groups in total. The first-order chi connectivity index (χ1) is 13.1. The van der Waals surface area contributed by atoms with Crippen molar-refractivity contribution in [2.24, 2.45) is 0 Å². The first kappa shape index (κ1) is 20.0. The van der Waals surface area contributed by atoms with Crippen LogP contribution in [0.3, 0.4) is 0 Å². The molecule has 2 aromatic heterocycles. The average Bonchev–Trinajstić information content (AvgIpc) is 3.04. The molecule has 0 aliphatic rings. The maximum atomic E-state index is 12.3. The summed E-state index contributed by atoms with van der Waals surface area (Å²) in [5, 5.41) is 7.60. The van der Waals surface area contributed by atoms with Crippen molar-refractivity contribution >= 4 is 27.0 Å². The highest BCUT2D eigenvalue weighted by atomic mass is 32.2. The van der Waals surface area contributed by atoms with Crippen molar-refractivity contribution in [3.05, 3.63) is 46.4 Å². The van der Waals surface area contributed by atoms with Crippen LogP contribution >= 0.6 is 0 Å². The van der Waals surface area contributed by atoms with Gasteiger partial charge in [0.25, 0.3) is 5.56 Å². The third-order valence-electron chi connectivity index (χ3n) is 4.11. The summed E-state index contributed by atoms with van der Waals surface area (Å²) in [6.45, 7) is 8.18. The van der Waals surface area contributed by atoms with E-state index in [2.05, 4.69) is 25.1 Å². The summed E-state index contributed by atoms with van der Waals surface area (Å²) < 4.78 is 28.8. The lowest BCUT2D eigenvalue weighted by molar-refractivity contribution is 0.366. The maximum Gasteiger partial charge on any atom is 0.263 e. The SMILES string of the molecule is Cc1ccc(S(=O)(=O)NCCNc2nc3c(cnn3C(C)(C)C)c(=O)[nH]2)cc1. The molecule has 0 unspecified atom stereocenters. The molecule has 3 rings (SSSR count). The lowest BCUT2D eigenvalue weighted by atomic mass is 10.1. The number of aromatic amines is 1. The highest BCUT2D eigenvalue weighted by molar-refractivity contribution is 7.89. The summed E-state index contributed by atoms with van der Waals surface area (Å²) in [6, 6.07) is 6.61. The molecule has 10 heteroatoms. The largest absolute Gasteiger partial charge is 0.354 e. The number of fused-ring (bicyclic) bond motifs is 1. The van der Waals surface area contributed by atoms with Gasteiger partial charge in [0.05, 0.1) is 16.6 Å². The van der Waals surface area contributed by atoms with E-state index in [1.165, 1.54) is 6.20 Å². The van der Waals surface area contributed by atoms with Gasteiger partial charge in [0, 0.05) is 13.1 Å².